The SMILES string of the molecule is O=c1[nH]cc(-c2csc3ccccc23)c2nc(-c3ccccc3)c(-c3ccccc3)cc12. The van der Waals surface area contributed by atoms with Crippen LogP contribution in [0.5, 0.6) is 0 Å². The first kappa shape index (κ1) is 18.7. The quantitative estimate of drug-likeness (QED) is 0.324. The molecule has 1 N–H and O–H groups in total. The maximum Gasteiger partial charge on any atom is 0.257 e. The number of aromatic amines is 1. The predicted octanol–water partition coefficient (Wildman–Crippen LogP) is 7.14. The highest BCUT2D eigenvalue weighted by Gasteiger charge is 2.17. The zero-order valence-electron chi connectivity index (χ0n) is 17.1. The molecule has 0 unspecified atom stereocenters. The van der Waals surface area contributed by atoms with Crippen LogP contribution >= 0.6 is 11.3 Å². The summed E-state index contributed by atoms with van der Waals surface area (Å²) in [6.45, 7) is 0. The Morgan fingerprint density at radius 1 is 0.688 bits per heavy atom. The van der Waals surface area contributed by atoms with Crippen LogP contribution in [-0.4, -0.2) is 9.97 Å². The number of nitrogens with one attached hydrogen (secondary N) is 1. The molecule has 152 valence electrons. The lowest BCUT2D eigenvalue weighted by Crippen LogP contribution is -2.08. The Balaban J connectivity index is 1.71. The molecule has 32 heavy (non-hydrogen) atoms. The molecule has 0 aliphatic rings. The minimum atomic E-state index is -0.132. The average Bonchev–Trinajstić information content (AvgIpc) is 3.29. The van der Waals surface area contributed by atoms with Crippen LogP contribution in [0, 0.1) is 0 Å². The van der Waals surface area contributed by atoms with E-state index in [4.69, 9.17) is 4.98 Å². The molecule has 0 radical (unpaired) electrons. The van der Waals surface area contributed by atoms with E-state index in [0.29, 0.717) is 5.39 Å². The highest BCUT2D eigenvalue weighted by Crippen LogP contribution is 2.38. The van der Waals surface area contributed by atoms with E-state index in [9.17, 15) is 4.79 Å². The molecule has 3 aromatic heterocycles. The van der Waals surface area contributed by atoms with Gasteiger partial charge in [0.05, 0.1) is 16.6 Å². The number of aromatic nitrogens is 2. The number of thiophene rings is 1. The van der Waals surface area contributed by atoms with Gasteiger partial charge in [0.15, 0.2) is 0 Å². The molecular formula is C28H18N2OS. The maximum atomic E-state index is 12.9. The van der Waals surface area contributed by atoms with Crippen molar-refractivity contribution < 1.29 is 0 Å². The summed E-state index contributed by atoms with van der Waals surface area (Å²) < 4.78 is 1.21. The molecule has 0 fully saturated rings. The van der Waals surface area contributed by atoms with Gasteiger partial charge in [-0.25, -0.2) is 4.98 Å². The second-order valence-electron chi connectivity index (χ2n) is 7.69. The number of hydrogen-bond acceptors (Lipinski definition) is 3. The summed E-state index contributed by atoms with van der Waals surface area (Å²) >= 11 is 1.70. The molecule has 3 aromatic carbocycles. The molecule has 6 aromatic rings. The summed E-state index contributed by atoms with van der Waals surface area (Å²) in [7, 11) is 0. The zero-order chi connectivity index (χ0) is 21.5. The second kappa shape index (κ2) is 7.59. The van der Waals surface area contributed by atoms with E-state index in [-0.39, 0.29) is 5.56 Å². The molecule has 3 nitrogen and oxygen atoms in total. The fraction of sp³-hybridized carbons (Fsp3) is 0. The van der Waals surface area contributed by atoms with Crippen molar-refractivity contribution in [2.24, 2.45) is 0 Å². The molecule has 0 atom stereocenters. The van der Waals surface area contributed by atoms with E-state index in [2.05, 4.69) is 46.8 Å². The van der Waals surface area contributed by atoms with Gasteiger partial charge >= 0.3 is 0 Å². The van der Waals surface area contributed by atoms with Crippen molar-refractivity contribution in [3.63, 3.8) is 0 Å². The maximum absolute atomic E-state index is 12.9. The van der Waals surface area contributed by atoms with Crippen molar-refractivity contribution in [3.8, 4) is 33.5 Å². The molecule has 0 saturated carbocycles. The number of H-pyrrole nitrogens is 1. The minimum absolute atomic E-state index is 0.132. The van der Waals surface area contributed by atoms with E-state index in [1.54, 1.807) is 17.5 Å². The first-order chi connectivity index (χ1) is 15.8. The van der Waals surface area contributed by atoms with Gasteiger partial charge < -0.3 is 4.98 Å². The first-order valence-corrected chi connectivity index (χ1v) is 11.3. The highest BCUT2D eigenvalue weighted by molar-refractivity contribution is 7.17. The third-order valence-electron chi connectivity index (χ3n) is 5.77. The Kier molecular flexibility index (Phi) is 4.44. The van der Waals surface area contributed by atoms with Crippen LogP contribution in [0.2, 0.25) is 0 Å². The zero-order valence-corrected chi connectivity index (χ0v) is 17.9. The van der Waals surface area contributed by atoms with Gasteiger partial charge in [-0.15, -0.1) is 11.3 Å². The van der Waals surface area contributed by atoms with Gasteiger partial charge in [0.25, 0.3) is 5.56 Å². The molecule has 4 heteroatoms. The number of hydrogen-bond donors (Lipinski definition) is 1. The Hall–Kier alpha value is -4.02. The van der Waals surface area contributed by atoms with Gasteiger partial charge in [0.2, 0.25) is 0 Å². The molecular weight excluding hydrogens is 412 g/mol. The predicted molar refractivity (Wildman–Crippen MR) is 134 cm³/mol. The molecule has 0 bridgehead atoms. The number of nitrogens with zero attached hydrogens (tertiary/aromatic N) is 1. The molecule has 0 saturated heterocycles. The second-order valence-corrected chi connectivity index (χ2v) is 8.60. The smallest absolute Gasteiger partial charge is 0.257 e. The molecule has 0 spiro atoms. The fourth-order valence-electron chi connectivity index (χ4n) is 4.22. The van der Waals surface area contributed by atoms with E-state index >= 15 is 0 Å². The van der Waals surface area contributed by atoms with Crippen molar-refractivity contribution in [2.45, 2.75) is 0 Å². The third kappa shape index (κ3) is 3.04. The standard InChI is InChI=1S/C28H18N2OS/c31-28-22-15-21(18-9-3-1-4-10-18)26(19-11-5-2-6-12-19)30-27(22)23(16-29-28)24-17-32-25-14-8-7-13-20(24)25/h1-17H,(H,29,31). The molecule has 3 heterocycles. The van der Waals surface area contributed by atoms with Gasteiger partial charge in [0.1, 0.15) is 0 Å². The number of fused-ring (bicyclic) bond motifs is 2. The van der Waals surface area contributed by atoms with Crippen molar-refractivity contribution in [1.29, 1.82) is 0 Å². The molecule has 0 aliphatic carbocycles. The van der Waals surface area contributed by atoms with Crippen molar-refractivity contribution in [1.82, 2.24) is 9.97 Å². The third-order valence-corrected chi connectivity index (χ3v) is 6.74. The van der Waals surface area contributed by atoms with Crippen LogP contribution in [0.4, 0.5) is 0 Å². The van der Waals surface area contributed by atoms with Crippen LogP contribution in [0.3, 0.4) is 0 Å². The Labute approximate surface area is 188 Å². The molecule has 0 aliphatic heterocycles. The van der Waals surface area contributed by atoms with Gasteiger partial charge in [-0.1, -0.05) is 78.9 Å². The lowest BCUT2D eigenvalue weighted by molar-refractivity contribution is 1.26. The van der Waals surface area contributed by atoms with Crippen molar-refractivity contribution >= 4 is 32.3 Å². The number of rotatable bonds is 3. The lowest BCUT2D eigenvalue weighted by Gasteiger charge is -2.13. The summed E-state index contributed by atoms with van der Waals surface area (Å²) in [4.78, 5) is 21.0. The normalized spacial score (nSPS) is 11.2. The number of pyridine rings is 2. The highest BCUT2D eigenvalue weighted by atomic mass is 32.1. The van der Waals surface area contributed by atoms with Gasteiger partial charge in [0, 0.05) is 38.5 Å². The largest absolute Gasteiger partial charge is 0.328 e. The first-order valence-electron chi connectivity index (χ1n) is 10.4. The molecule has 6 rings (SSSR count). The Bertz CT molecular complexity index is 1630. The monoisotopic (exact) mass is 430 g/mol. The van der Waals surface area contributed by atoms with E-state index < -0.39 is 0 Å². The Morgan fingerprint density at radius 3 is 2.16 bits per heavy atom. The summed E-state index contributed by atoms with van der Waals surface area (Å²) in [6, 6.07) is 30.6. The van der Waals surface area contributed by atoms with E-state index in [1.165, 1.54) is 10.1 Å². The van der Waals surface area contributed by atoms with Crippen LogP contribution in [0.25, 0.3) is 54.5 Å². The van der Waals surface area contributed by atoms with Gasteiger partial charge in [-0.3, -0.25) is 4.79 Å². The van der Waals surface area contributed by atoms with Crippen LogP contribution < -0.4 is 5.56 Å². The van der Waals surface area contributed by atoms with Gasteiger partial charge in [-0.2, -0.15) is 0 Å². The summed E-state index contributed by atoms with van der Waals surface area (Å²) in [5, 5.41) is 3.91. The summed E-state index contributed by atoms with van der Waals surface area (Å²) in [5.74, 6) is 0. The van der Waals surface area contributed by atoms with E-state index in [0.717, 1.165) is 39.0 Å². The van der Waals surface area contributed by atoms with E-state index in [1.807, 2.05) is 54.6 Å². The minimum Gasteiger partial charge on any atom is -0.328 e. The Morgan fingerprint density at radius 2 is 1.38 bits per heavy atom. The fourth-order valence-corrected chi connectivity index (χ4v) is 5.18. The van der Waals surface area contributed by atoms with Crippen LogP contribution in [0.1, 0.15) is 0 Å². The van der Waals surface area contributed by atoms with Crippen molar-refractivity contribution in [2.75, 3.05) is 0 Å². The number of benzene rings is 3. The lowest BCUT2D eigenvalue weighted by atomic mass is 9.96. The molecule has 0 amide bonds. The van der Waals surface area contributed by atoms with Crippen molar-refractivity contribution in [3.05, 3.63) is 113 Å². The summed E-state index contributed by atoms with van der Waals surface area (Å²) in [5.41, 5.74) is 6.49. The van der Waals surface area contributed by atoms with Crippen LogP contribution in [-0.2, 0) is 0 Å². The van der Waals surface area contributed by atoms with Gasteiger partial charge in [-0.05, 0) is 23.1 Å². The summed E-state index contributed by atoms with van der Waals surface area (Å²) in [6.07, 6.45) is 1.79. The van der Waals surface area contributed by atoms with Crippen LogP contribution in [0.15, 0.2) is 107 Å². The topological polar surface area (TPSA) is 45.8 Å². The average molecular weight is 431 g/mol.